The minimum absolute atomic E-state index is 0.0436. The van der Waals surface area contributed by atoms with Crippen molar-refractivity contribution < 1.29 is 23.5 Å². The van der Waals surface area contributed by atoms with Gasteiger partial charge in [-0.15, -0.1) is 0 Å². The Labute approximate surface area is 232 Å². The van der Waals surface area contributed by atoms with Gasteiger partial charge in [0.05, 0.1) is 11.7 Å². The molecule has 4 N–H and O–H groups in total. The number of hydrogen-bond donors (Lipinski definition) is 3. The molecule has 10 heteroatoms. The van der Waals surface area contributed by atoms with Gasteiger partial charge in [-0.05, 0) is 64.3 Å². The highest BCUT2D eigenvalue weighted by atomic mass is 19.1. The summed E-state index contributed by atoms with van der Waals surface area (Å²) in [6, 6.07) is 2.82. The third kappa shape index (κ3) is 8.89. The Morgan fingerprint density at radius 2 is 1.67 bits per heavy atom. The number of rotatable bonds is 7. The Hall–Kier alpha value is -2.72. The highest BCUT2D eigenvalue weighted by Crippen LogP contribution is 2.28. The first-order valence-electron chi connectivity index (χ1n) is 14.2. The molecule has 0 bridgehead atoms. The van der Waals surface area contributed by atoms with Gasteiger partial charge in [-0.3, -0.25) is 9.59 Å². The summed E-state index contributed by atoms with van der Waals surface area (Å²) in [7, 11) is 1.99. The first kappa shape index (κ1) is 30.8. The molecule has 0 spiro atoms. The van der Waals surface area contributed by atoms with Crippen LogP contribution in [-0.4, -0.2) is 78.6 Å². The summed E-state index contributed by atoms with van der Waals surface area (Å²) in [4.78, 5) is 42.9. The molecule has 1 aromatic carbocycles. The van der Waals surface area contributed by atoms with E-state index >= 15 is 4.39 Å². The predicted molar refractivity (Wildman–Crippen MR) is 150 cm³/mol. The smallest absolute Gasteiger partial charge is 0.408 e. The lowest BCUT2D eigenvalue weighted by Gasteiger charge is -2.36. The second kappa shape index (κ2) is 13.6. The van der Waals surface area contributed by atoms with Crippen molar-refractivity contribution >= 4 is 23.6 Å². The van der Waals surface area contributed by atoms with Gasteiger partial charge in [0, 0.05) is 32.1 Å². The molecule has 0 aromatic heterocycles. The molecule has 218 valence electrons. The predicted octanol–water partition coefficient (Wildman–Crippen LogP) is 3.83. The van der Waals surface area contributed by atoms with E-state index in [2.05, 4.69) is 15.5 Å². The number of anilines is 1. The van der Waals surface area contributed by atoms with Gasteiger partial charge in [0.1, 0.15) is 17.5 Å². The number of nitrogens with two attached hydrogens (primary N) is 1. The van der Waals surface area contributed by atoms with Crippen LogP contribution < -0.4 is 16.4 Å². The number of carbonyl (C=O) groups is 3. The zero-order valence-electron chi connectivity index (χ0n) is 24.1. The van der Waals surface area contributed by atoms with E-state index in [1.807, 2.05) is 7.05 Å². The Bertz CT molecular complexity index is 998. The number of carbonyl (C=O) groups excluding carboxylic acids is 3. The molecule has 2 fully saturated rings. The van der Waals surface area contributed by atoms with Crippen molar-refractivity contribution in [2.24, 2.45) is 11.7 Å². The summed E-state index contributed by atoms with van der Waals surface area (Å²) < 4.78 is 20.6. The van der Waals surface area contributed by atoms with Crippen molar-refractivity contribution in [3.05, 3.63) is 29.6 Å². The Balaban J connectivity index is 1.75. The van der Waals surface area contributed by atoms with Gasteiger partial charge in [-0.1, -0.05) is 38.7 Å². The fourth-order valence-corrected chi connectivity index (χ4v) is 5.27. The molecule has 1 aromatic rings. The average molecular weight is 548 g/mol. The van der Waals surface area contributed by atoms with Crippen LogP contribution >= 0.6 is 0 Å². The van der Waals surface area contributed by atoms with Crippen LogP contribution in [0.2, 0.25) is 0 Å². The van der Waals surface area contributed by atoms with E-state index in [-0.39, 0.29) is 17.5 Å². The maximum atomic E-state index is 15.2. The number of nitrogens with one attached hydrogen (secondary N) is 2. The SMILES string of the molecule is C[C@@H](c1ccc(NC(=O)[C@@H](N)C2CCCCCC2)c(F)c1)[C@@H](NC(=O)OC(C)(C)C)C(=O)N1CCN(C)CC1. The fourth-order valence-electron chi connectivity index (χ4n) is 5.27. The van der Waals surface area contributed by atoms with Gasteiger partial charge in [0.15, 0.2) is 0 Å². The van der Waals surface area contributed by atoms with Crippen molar-refractivity contribution in [2.45, 2.75) is 89.8 Å². The van der Waals surface area contributed by atoms with Crippen LogP contribution in [0.5, 0.6) is 0 Å². The van der Waals surface area contributed by atoms with Crippen molar-refractivity contribution in [1.29, 1.82) is 0 Å². The average Bonchev–Trinajstić information content (AvgIpc) is 3.16. The van der Waals surface area contributed by atoms with Crippen LogP contribution in [0.4, 0.5) is 14.9 Å². The van der Waals surface area contributed by atoms with Crippen LogP contribution in [0.3, 0.4) is 0 Å². The number of likely N-dealkylation sites (N-methyl/N-ethyl adjacent to an activating group) is 1. The minimum atomic E-state index is -0.952. The second-order valence-corrected chi connectivity index (χ2v) is 12.0. The van der Waals surface area contributed by atoms with E-state index in [0.29, 0.717) is 18.7 Å². The number of hydrogen-bond acceptors (Lipinski definition) is 6. The van der Waals surface area contributed by atoms with Crippen molar-refractivity contribution in [3.8, 4) is 0 Å². The monoisotopic (exact) mass is 547 g/mol. The zero-order valence-corrected chi connectivity index (χ0v) is 24.1. The molecule has 3 amide bonds. The summed E-state index contributed by atoms with van der Waals surface area (Å²) in [5, 5.41) is 5.38. The van der Waals surface area contributed by atoms with Gasteiger partial charge in [0.2, 0.25) is 11.8 Å². The third-order valence-corrected chi connectivity index (χ3v) is 7.74. The topological polar surface area (TPSA) is 117 Å². The molecular weight excluding hydrogens is 501 g/mol. The molecule has 2 aliphatic rings. The zero-order chi connectivity index (χ0) is 28.7. The number of alkyl carbamates (subject to hydrolysis) is 1. The van der Waals surface area contributed by atoms with Crippen LogP contribution in [0.25, 0.3) is 0 Å². The van der Waals surface area contributed by atoms with Gasteiger partial charge in [0.25, 0.3) is 0 Å². The molecule has 1 heterocycles. The van der Waals surface area contributed by atoms with E-state index in [4.69, 9.17) is 10.5 Å². The molecule has 0 radical (unpaired) electrons. The van der Waals surface area contributed by atoms with Crippen molar-refractivity contribution in [2.75, 3.05) is 38.5 Å². The van der Waals surface area contributed by atoms with Gasteiger partial charge in [-0.25, -0.2) is 9.18 Å². The van der Waals surface area contributed by atoms with Crippen molar-refractivity contribution in [1.82, 2.24) is 15.1 Å². The minimum Gasteiger partial charge on any atom is -0.444 e. The van der Waals surface area contributed by atoms with Gasteiger partial charge < -0.3 is 30.9 Å². The summed E-state index contributed by atoms with van der Waals surface area (Å²) in [6.07, 6.45) is 5.51. The van der Waals surface area contributed by atoms with Crippen LogP contribution in [0, 0.1) is 11.7 Å². The lowest BCUT2D eigenvalue weighted by Crippen LogP contribution is -2.56. The maximum absolute atomic E-state index is 15.2. The summed E-state index contributed by atoms with van der Waals surface area (Å²) >= 11 is 0. The highest BCUT2D eigenvalue weighted by molar-refractivity contribution is 5.95. The number of piperazine rings is 1. The fraction of sp³-hybridized carbons (Fsp3) is 0.690. The number of nitrogens with zero attached hydrogens (tertiary/aromatic N) is 2. The maximum Gasteiger partial charge on any atom is 0.408 e. The molecular formula is C29H46FN5O4. The number of amides is 3. The van der Waals surface area contributed by atoms with Crippen LogP contribution in [0.15, 0.2) is 18.2 Å². The molecule has 3 rings (SSSR count). The second-order valence-electron chi connectivity index (χ2n) is 12.0. The van der Waals surface area contributed by atoms with Crippen LogP contribution in [-0.2, 0) is 14.3 Å². The normalized spacial score (nSPS) is 19.9. The number of halogens is 1. The van der Waals surface area contributed by atoms with E-state index in [0.717, 1.165) is 51.6 Å². The quantitative estimate of drug-likeness (QED) is 0.447. The molecule has 1 saturated carbocycles. The van der Waals surface area contributed by atoms with E-state index in [1.165, 1.54) is 12.1 Å². The molecule has 0 unspecified atom stereocenters. The van der Waals surface area contributed by atoms with E-state index in [9.17, 15) is 14.4 Å². The number of ether oxygens (including phenoxy) is 1. The van der Waals surface area contributed by atoms with Crippen molar-refractivity contribution in [3.63, 3.8) is 0 Å². The summed E-state index contributed by atoms with van der Waals surface area (Å²) in [5.74, 6) is -1.72. The lowest BCUT2D eigenvalue weighted by molar-refractivity contribution is -0.135. The number of benzene rings is 1. The van der Waals surface area contributed by atoms with Crippen LogP contribution in [0.1, 0.15) is 77.7 Å². The first-order valence-corrected chi connectivity index (χ1v) is 14.2. The standard InChI is InChI=1S/C29H46FN5O4/c1-19(25(33-28(38)39-29(2,3)4)27(37)35-16-14-34(5)15-17-35)21-12-13-23(22(30)18-21)32-26(36)24(31)20-10-8-6-7-9-11-20/h12-13,18-20,24-25H,6-11,14-17,31H2,1-5H3,(H,32,36)(H,33,38)/t19-,24-,25+/m0/s1. The van der Waals surface area contributed by atoms with Gasteiger partial charge in [-0.2, -0.15) is 0 Å². The summed E-state index contributed by atoms with van der Waals surface area (Å²) in [6.45, 7) is 9.54. The Morgan fingerprint density at radius 1 is 1.05 bits per heavy atom. The molecule has 39 heavy (non-hydrogen) atoms. The molecule has 1 aliphatic carbocycles. The largest absolute Gasteiger partial charge is 0.444 e. The first-order chi connectivity index (χ1) is 18.4. The lowest BCUT2D eigenvalue weighted by atomic mass is 9.91. The third-order valence-electron chi connectivity index (χ3n) is 7.74. The Morgan fingerprint density at radius 3 is 2.23 bits per heavy atom. The molecule has 1 saturated heterocycles. The molecule has 3 atom stereocenters. The highest BCUT2D eigenvalue weighted by Gasteiger charge is 2.34. The van der Waals surface area contributed by atoms with E-state index in [1.54, 1.807) is 38.7 Å². The van der Waals surface area contributed by atoms with Gasteiger partial charge >= 0.3 is 6.09 Å². The Kier molecular flexibility index (Phi) is 10.7. The summed E-state index contributed by atoms with van der Waals surface area (Å²) in [5.41, 5.74) is 6.07. The van der Waals surface area contributed by atoms with E-state index < -0.39 is 41.4 Å². The molecule has 9 nitrogen and oxygen atoms in total. The molecule has 1 aliphatic heterocycles.